The van der Waals surface area contributed by atoms with E-state index in [1.54, 1.807) is 6.08 Å². The lowest BCUT2D eigenvalue weighted by Crippen LogP contribution is -2.12. The first-order valence-electron chi connectivity index (χ1n) is 4.68. The molecule has 0 fully saturated rings. The van der Waals surface area contributed by atoms with Crippen LogP contribution in [0.15, 0.2) is 36.0 Å². The van der Waals surface area contributed by atoms with E-state index in [9.17, 15) is 5.11 Å². The van der Waals surface area contributed by atoms with Gasteiger partial charge < -0.3 is 15.3 Å². The van der Waals surface area contributed by atoms with Crippen LogP contribution in [0.4, 0.5) is 0 Å². The summed E-state index contributed by atoms with van der Waals surface area (Å²) in [6.45, 7) is 5.31. The summed E-state index contributed by atoms with van der Waals surface area (Å²) in [5.41, 5.74) is 0. The van der Waals surface area contributed by atoms with Gasteiger partial charge in [0.2, 0.25) is 0 Å². The molecule has 0 aliphatic heterocycles. The summed E-state index contributed by atoms with van der Waals surface area (Å²) in [6, 6.07) is 0. The fourth-order valence-corrected chi connectivity index (χ4v) is 1.49. The fourth-order valence-electron chi connectivity index (χ4n) is 1.49. The van der Waals surface area contributed by atoms with Crippen molar-refractivity contribution in [2.24, 2.45) is 11.8 Å². The SMILES string of the molecule is C=C(O)C(C)CC1CC=C(O)C=C1O. The summed E-state index contributed by atoms with van der Waals surface area (Å²) in [6.07, 6.45) is 4.26. The minimum atomic E-state index is -0.0378. The highest BCUT2D eigenvalue weighted by molar-refractivity contribution is 5.20. The molecule has 1 aliphatic carbocycles. The molecule has 14 heavy (non-hydrogen) atoms. The summed E-state index contributed by atoms with van der Waals surface area (Å²) in [4.78, 5) is 0. The van der Waals surface area contributed by atoms with Gasteiger partial charge in [-0.15, -0.1) is 0 Å². The van der Waals surface area contributed by atoms with Crippen molar-refractivity contribution in [2.45, 2.75) is 19.8 Å². The Morgan fingerprint density at radius 1 is 1.64 bits per heavy atom. The van der Waals surface area contributed by atoms with Gasteiger partial charge in [0.15, 0.2) is 0 Å². The third-order valence-corrected chi connectivity index (χ3v) is 2.53. The zero-order valence-corrected chi connectivity index (χ0v) is 8.27. The van der Waals surface area contributed by atoms with Gasteiger partial charge in [-0.25, -0.2) is 0 Å². The molecule has 2 atom stereocenters. The number of aliphatic hydroxyl groups excluding tert-OH is 3. The molecule has 78 valence electrons. The Morgan fingerprint density at radius 3 is 2.79 bits per heavy atom. The van der Waals surface area contributed by atoms with E-state index in [-0.39, 0.29) is 29.1 Å². The van der Waals surface area contributed by atoms with Crippen LogP contribution in [0.2, 0.25) is 0 Å². The largest absolute Gasteiger partial charge is 0.513 e. The average molecular weight is 196 g/mol. The predicted molar refractivity (Wildman–Crippen MR) is 55.1 cm³/mol. The molecular weight excluding hydrogens is 180 g/mol. The molecule has 0 radical (unpaired) electrons. The molecule has 0 amide bonds. The number of hydrogen-bond acceptors (Lipinski definition) is 3. The number of hydrogen-bond donors (Lipinski definition) is 3. The zero-order chi connectivity index (χ0) is 10.7. The van der Waals surface area contributed by atoms with Gasteiger partial charge in [-0.1, -0.05) is 13.5 Å². The van der Waals surface area contributed by atoms with Gasteiger partial charge in [0.25, 0.3) is 0 Å². The normalized spacial score (nSPS) is 23.6. The van der Waals surface area contributed by atoms with E-state index >= 15 is 0 Å². The second kappa shape index (κ2) is 4.22. The highest BCUT2D eigenvalue weighted by Gasteiger charge is 2.20. The highest BCUT2D eigenvalue weighted by atomic mass is 16.3. The highest BCUT2D eigenvalue weighted by Crippen LogP contribution is 2.28. The number of rotatable bonds is 3. The van der Waals surface area contributed by atoms with Gasteiger partial charge >= 0.3 is 0 Å². The number of allylic oxidation sites excluding steroid dienone is 4. The second-order valence-corrected chi connectivity index (χ2v) is 3.76. The van der Waals surface area contributed by atoms with Crippen molar-refractivity contribution in [2.75, 3.05) is 0 Å². The van der Waals surface area contributed by atoms with Crippen LogP contribution >= 0.6 is 0 Å². The van der Waals surface area contributed by atoms with Gasteiger partial charge in [-0.3, -0.25) is 0 Å². The molecule has 0 aromatic heterocycles. The van der Waals surface area contributed by atoms with Crippen LogP contribution < -0.4 is 0 Å². The smallest absolute Gasteiger partial charge is 0.114 e. The van der Waals surface area contributed by atoms with E-state index in [0.29, 0.717) is 12.8 Å². The van der Waals surface area contributed by atoms with Gasteiger partial charge in [0.05, 0.1) is 11.5 Å². The Kier molecular flexibility index (Phi) is 3.23. The van der Waals surface area contributed by atoms with Gasteiger partial charge in [-0.05, 0) is 18.9 Å². The Labute approximate surface area is 83.7 Å². The lowest BCUT2D eigenvalue weighted by molar-refractivity contribution is 0.261. The molecule has 0 heterocycles. The zero-order valence-electron chi connectivity index (χ0n) is 8.27. The Morgan fingerprint density at radius 2 is 2.29 bits per heavy atom. The van der Waals surface area contributed by atoms with Crippen molar-refractivity contribution in [3.63, 3.8) is 0 Å². The van der Waals surface area contributed by atoms with Crippen LogP contribution in [-0.4, -0.2) is 15.3 Å². The molecule has 0 aromatic rings. The predicted octanol–water partition coefficient (Wildman–Crippen LogP) is 2.99. The van der Waals surface area contributed by atoms with Crippen molar-refractivity contribution in [3.8, 4) is 0 Å². The first-order valence-corrected chi connectivity index (χ1v) is 4.68. The maximum absolute atomic E-state index is 9.52. The van der Waals surface area contributed by atoms with Crippen LogP contribution in [-0.2, 0) is 0 Å². The van der Waals surface area contributed by atoms with Crippen LogP contribution in [0.1, 0.15) is 19.8 Å². The van der Waals surface area contributed by atoms with Gasteiger partial charge in [-0.2, -0.15) is 0 Å². The quantitative estimate of drug-likeness (QED) is 0.608. The molecule has 0 spiro atoms. The van der Waals surface area contributed by atoms with Crippen LogP contribution in [0, 0.1) is 11.8 Å². The van der Waals surface area contributed by atoms with Crippen molar-refractivity contribution < 1.29 is 15.3 Å². The Balaban J connectivity index is 2.57. The maximum Gasteiger partial charge on any atom is 0.114 e. The molecule has 2 unspecified atom stereocenters. The lowest BCUT2D eigenvalue weighted by Gasteiger charge is -2.21. The van der Waals surface area contributed by atoms with Crippen molar-refractivity contribution in [1.82, 2.24) is 0 Å². The van der Waals surface area contributed by atoms with Crippen LogP contribution in [0.25, 0.3) is 0 Å². The lowest BCUT2D eigenvalue weighted by atomic mass is 9.88. The Bertz CT molecular complexity index is 289. The maximum atomic E-state index is 9.52. The summed E-state index contributed by atoms with van der Waals surface area (Å²) >= 11 is 0. The van der Waals surface area contributed by atoms with E-state index < -0.39 is 0 Å². The standard InChI is InChI=1S/C11H16O3/c1-7(8(2)12)5-9-3-4-10(13)6-11(9)14/h4,6-7,9,12-14H,2-3,5H2,1H3. The monoisotopic (exact) mass is 196 g/mol. The molecule has 1 rings (SSSR count). The fraction of sp³-hybridized carbons (Fsp3) is 0.455. The van der Waals surface area contributed by atoms with Crippen molar-refractivity contribution in [3.05, 3.63) is 36.0 Å². The van der Waals surface area contributed by atoms with E-state index in [1.807, 2.05) is 6.92 Å². The first kappa shape index (κ1) is 10.7. The van der Waals surface area contributed by atoms with Gasteiger partial charge in [0.1, 0.15) is 5.76 Å². The minimum absolute atomic E-state index is 0.0233. The van der Waals surface area contributed by atoms with E-state index in [1.165, 1.54) is 6.08 Å². The molecule has 0 aromatic carbocycles. The van der Waals surface area contributed by atoms with E-state index in [4.69, 9.17) is 10.2 Å². The van der Waals surface area contributed by atoms with Crippen molar-refractivity contribution in [1.29, 1.82) is 0 Å². The summed E-state index contributed by atoms with van der Waals surface area (Å²) < 4.78 is 0. The van der Waals surface area contributed by atoms with E-state index in [0.717, 1.165) is 0 Å². The first-order chi connectivity index (χ1) is 6.50. The summed E-state index contributed by atoms with van der Waals surface area (Å²) in [7, 11) is 0. The van der Waals surface area contributed by atoms with Crippen molar-refractivity contribution >= 4 is 0 Å². The molecule has 3 nitrogen and oxygen atoms in total. The Hall–Kier alpha value is -1.38. The molecule has 3 heteroatoms. The molecular formula is C11H16O3. The molecule has 0 bridgehead atoms. The van der Waals surface area contributed by atoms with Crippen LogP contribution in [0.3, 0.4) is 0 Å². The third-order valence-electron chi connectivity index (χ3n) is 2.53. The van der Waals surface area contributed by atoms with Gasteiger partial charge in [0, 0.05) is 17.9 Å². The number of aliphatic hydroxyl groups is 3. The second-order valence-electron chi connectivity index (χ2n) is 3.76. The molecule has 3 N–H and O–H groups in total. The van der Waals surface area contributed by atoms with E-state index in [2.05, 4.69) is 6.58 Å². The molecule has 1 aliphatic rings. The topological polar surface area (TPSA) is 60.7 Å². The molecule has 0 saturated carbocycles. The average Bonchev–Trinajstić information content (AvgIpc) is 2.09. The summed E-state index contributed by atoms with van der Waals surface area (Å²) in [5, 5.41) is 27.7. The molecule has 0 saturated heterocycles. The minimum Gasteiger partial charge on any atom is -0.513 e. The summed E-state index contributed by atoms with van der Waals surface area (Å²) in [5.74, 6) is 0.359. The third kappa shape index (κ3) is 2.55. The van der Waals surface area contributed by atoms with Crippen LogP contribution in [0.5, 0.6) is 0 Å².